The van der Waals surface area contributed by atoms with Crippen molar-refractivity contribution < 1.29 is 27.4 Å². The molecule has 3 aromatic rings. The van der Waals surface area contributed by atoms with E-state index < -0.39 is 17.8 Å². The molecule has 8 nitrogen and oxygen atoms in total. The highest BCUT2D eigenvalue weighted by atomic mass is 19.4. The first kappa shape index (κ1) is 25.1. The molecule has 1 aliphatic rings. The number of hydrogen-bond acceptors (Lipinski definition) is 6. The van der Waals surface area contributed by atoms with Crippen LogP contribution < -0.4 is 25.0 Å². The van der Waals surface area contributed by atoms with Crippen LogP contribution in [-0.2, 0) is 19.0 Å². The Morgan fingerprint density at radius 2 is 1.97 bits per heavy atom. The predicted octanol–water partition coefficient (Wildman–Crippen LogP) is 5.15. The maximum Gasteiger partial charge on any atom is 0.420 e. The molecule has 0 fully saturated rings. The van der Waals surface area contributed by atoms with Crippen LogP contribution in [0.15, 0.2) is 48.5 Å². The highest BCUT2D eigenvalue weighted by Crippen LogP contribution is 2.42. The molecule has 190 valence electrons. The Labute approximate surface area is 206 Å². The van der Waals surface area contributed by atoms with Gasteiger partial charge in [0.2, 0.25) is 5.88 Å². The third-order valence-electron chi connectivity index (χ3n) is 5.80. The number of aryl methyl sites for hydroxylation is 1. The molecule has 0 atom stereocenters. The molecule has 2 N–H and O–H groups in total. The van der Waals surface area contributed by atoms with Crippen LogP contribution in [-0.4, -0.2) is 43.5 Å². The molecule has 0 saturated heterocycles. The summed E-state index contributed by atoms with van der Waals surface area (Å²) in [5.74, 6) is 0.205. The second-order valence-corrected chi connectivity index (χ2v) is 8.17. The van der Waals surface area contributed by atoms with E-state index in [2.05, 4.69) is 33.0 Å². The lowest BCUT2D eigenvalue weighted by Crippen LogP contribution is -2.33. The van der Waals surface area contributed by atoms with Gasteiger partial charge < -0.3 is 14.8 Å². The zero-order valence-corrected chi connectivity index (χ0v) is 19.9. The molecule has 1 aliphatic heterocycles. The summed E-state index contributed by atoms with van der Waals surface area (Å²) >= 11 is 0. The number of urea groups is 1. The first-order valence-corrected chi connectivity index (χ1v) is 11.4. The van der Waals surface area contributed by atoms with Crippen molar-refractivity contribution in [2.24, 2.45) is 0 Å². The topological polar surface area (TPSA) is 88.6 Å². The summed E-state index contributed by atoms with van der Waals surface area (Å²) in [5, 5.41) is 13.6. The second-order valence-electron chi connectivity index (χ2n) is 8.17. The predicted molar refractivity (Wildman–Crippen MR) is 130 cm³/mol. The van der Waals surface area contributed by atoms with Crippen molar-refractivity contribution in [3.8, 4) is 11.6 Å². The van der Waals surface area contributed by atoms with Gasteiger partial charge >= 0.3 is 12.2 Å². The van der Waals surface area contributed by atoms with Crippen molar-refractivity contribution in [3.05, 3.63) is 65.2 Å². The van der Waals surface area contributed by atoms with E-state index in [0.29, 0.717) is 24.5 Å². The van der Waals surface area contributed by atoms with E-state index in [1.54, 1.807) is 6.07 Å². The number of hydrogen-bond donors (Lipinski definition) is 2. The van der Waals surface area contributed by atoms with Gasteiger partial charge in [-0.2, -0.15) is 13.2 Å². The number of nitrogens with one attached hydrogen (secondary N) is 2. The maximum absolute atomic E-state index is 13.4. The zero-order chi connectivity index (χ0) is 25.7. The molecule has 4 rings (SSSR count). The van der Waals surface area contributed by atoms with Crippen LogP contribution in [0.5, 0.6) is 11.6 Å². The average Bonchev–Trinajstić information content (AvgIpc) is 3.29. The van der Waals surface area contributed by atoms with Crippen molar-refractivity contribution in [1.29, 1.82) is 0 Å². The standard InChI is InChI=1S/C25H26F3N5O3/c1-29-18-7-3-5-16(13-18)6-4-12-36-23-9-8-22(31-32-23)30-24(34)33-11-10-17-14-21(35-2)19(15-20(17)33)25(26,27)28/h3,5,7-9,13-15,29H,4,6,10-12H2,1-2H3,(H,30,31,34). The van der Waals surface area contributed by atoms with Crippen LogP contribution in [0.2, 0.25) is 0 Å². The zero-order valence-electron chi connectivity index (χ0n) is 19.9. The van der Waals surface area contributed by atoms with Gasteiger partial charge in [0, 0.05) is 31.0 Å². The van der Waals surface area contributed by atoms with Gasteiger partial charge in [0.1, 0.15) is 5.75 Å². The van der Waals surface area contributed by atoms with Crippen molar-refractivity contribution in [1.82, 2.24) is 10.2 Å². The third kappa shape index (κ3) is 5.78. The molecule has 1 aromatic heterocycles. The Hall–Kier alpha value is -4.02. The number of methoxy groups -OCH3 is 1. The molecular formula is C25H26F3N5O3. The molecule has 0 aliphatic carbocycles. The van der Waals surface area contributed by atoms with E-state index in [9.17, 15) is 18.0 Å². The average molecular weight is 502 g/mol. The molecule has 0 radical (unpaired) electrons. The Morgan fingerprint density at radius 1 is 1.14 bits per heavy atom. The van der Waals surface area contributed by atoms with Crippen LogP contribution in [0, 0.1) is 0 Å². The fourth-order valence-corrected chi connectivity index (χ4v) is 3.99. The van der Waals surface area contributed by atoms with Gasteiger partial charge in [0.25, 0.3) is 0 Å². The van der Waals surface area contributed by atoms with Gasteiger partial charge in [-0.25, -0.2) is 4.79 Å². The van der Waals surface area contributed by atoms with Gasteiger partial charge in [-0.1, -0.05) is 12.1 Å². The van der Waals surface area contributed by atoms with E-state index in [1.807, 2.05) is 19.2 Å². The Morgan fingerprint density at radius 3 is 2.67 bits per heavy atom. The second kappa shape index (κ2) is 10.7. The first-order chi connectivity index (χ1) is 17.3. The van der Waals surface area contributed by atoms with Crippen LogP contribution in [0.25, 0.3) is 0 Å². The smallest absolute Gasteiger partial charge is 0.420 e. The Kier molecular flexibility index (Phi) is 7.47. The summed E-state index contributed by atoms with van der Waals surface area (Å²) in [6, 6.07) is 12.9. The highest BCUT2D eigenvalue weighted by Gasteiger charge is 2.37. The number of carbonyl (C=O) groups excluding carboxylic acids is 1. The number of aromatic nitrogens is 2. The molecule has 0 saturated carbocycles. The van der Waals surface area contributed by atoms with E-state index in [0.717, 1.165) is 24.6 Å². The number of nitrogens with zero attached hydrogens (tertiary/aromatic N) is 3. The number of ether oxygens (including phenoxy) is 2. The number of alkyl halides is 3. The summed E-state index contributed by atoms with van der Waals surface area (Å²) in [6.45, 7) is 0.678. The monoisotopic (exact) mass is 501 g/mol. The van der Waals surface area contributed by atoms with E-state index in [1.165, 1.54) is 29.7 Å². The number of fused-ring (bicyclic) bond motifs is 1. The normalized spacial score (nSPS) is 12.8. The molecular weight excluding hydrogens is 475 g/mol. The van der Waals surface area contributed by atoms with Gasteiger partial charge in [-0.15, -0.1) is 10.2 Å². The van der Waals surface area contributed by atoms with Crippen molar-refractivity contribution >= 4 is 23.2 Å². The molecule has 0 unspecified atom stereocenters. The fourth-order valence-electron chi connectivity index (χ4n) is 3.99. The number of benzene rings is 2. The molecule has 0 bridgehead atoms. The van der Waals surface area contributed by atoms with Crippen LogP contribution in [0.1, 0.15) is 23.1 Å². The minimum atomic E-state index is -4.61. The van der Waals surface area contributed by atoms with Gasteiger partial charge in [-0.3, -0.25) is 10.2 Å². The summed E-state index contributed by atoms with van der Waals surface area (Å²) in [4.78, 5) is 14.0. The fraction of sp³-hybridized carbons (Fsp3) is 0.320. The lowest BCUT2D eigenvalue weighted by atomic mass is 10.1. The van der Waals surface area contributed by atoms with E-state index in [-0.39, 0.29) is 23.8 Å². The van der Waals surface area contributed by atoms with Crippen molar-refractivity contribution in [2.45, 2.75) is 25.4 Å². The van der Waals surface area contributed by atoms with Crippen molar-refractivity contribution in [2.75, 3.05) is 42.8 Å². The van der Waals surface area contributed by atoms with Crippen LogP contribution in [0.4, 0.5) is 35.2 Å². The van der Waals surface area contributed by atoms with Gasteiger partial charge in [0.05, 0.1) is 19.3 Å². The molecule has 0 spiro atoms. The quantitative estimate of drug-likeness (QED) is 0.415. The van der Waals surface area contributed by atoms with Gasteiger partial charge in [-0.05, 0) is 60.7 Å². The maximum atomic E-state index is 13.4. The summed E-state index contributed by atoms with van der Waals surface area (Å²) < 4.78 is 50.8. The number of carbonyl (C=O) groups is 1. The summed E-state index contributed by atoms with van der Waals surface area (Å²) in [5.41, 5.74) is 2.10. The third-order valence-corrected chi connectivity index (χ3v) is 5.80. The molecule has 11 heteroatoms. The van der Waals surface area contributed by atoms with E-state index >= 15 is 0 Å². The number of halogens is 3. The van der Waals surface area contributed by atoms with E-state index in [4.69, 9.17) is 9.47 Å². The lowest BCUT2D eigenvalue weighted by molar-refractivity contribution is -0.138. The minimum Gasteiger partial charge on any atom is -0.496 e. The molecule has 2 heterocycles. The first-order valence-electron chi connectivity index (χ1n) is 11.4. The largest absolute Gasteiger partial charge is 0.496 e. The Balaban J connectivity index is 1.32. The van der Waals surface area contributed by atoms with Crippen LogP contribution >= 0.6 is 0 Å². The number of amides is 2. The summed E-state index contributed by atoms with van der Waals surface area (Å²) in [7, 11) is 3.06. The van der Waals surface area contributed by atoms with Gasteiger partial charge in [0.15, 0.2) is 5.82 Å². The summed E-state index contributed by atoms with van der Waals surface area (Å²) in [6.07, 6.45) is -2.57. The van der Waals surface area contributed by atoms with Crippen LogP contribution in [0.3, 0.4) is 0 Å². The minimum absolute atomic E-state index is 0.161. The SMILES string of the molecule is CNc1cccc(CCCOc2ccc(NC(=O)N3CCc4cc(OC)c(C(F)(F)F)cc43)nn2)c1. The number of rotatable bonds is 8. The molecule has 36 heavy (non-hydrogen) atoms. The van der Waals surface area contributed by atoms with Crippen molar-refractivity contribution in [3.63, 3.8) is 0 Å². The number of anilines is 3. The lowest BCUT2D eigenvalue weighted by Gasteiger charge is -2.20. The molecule has 2 aromatic carbocycles. The highest BCUT2D eigenvalue weighted by molar-refractivity contribution is 6.02. The molecule has 2 amide bonds. The Bertz CT molecular complexity index is 1220.